The number of rotatable bonds is 4. The van der Waals surface area contributed by atoms with Gasteiger partial charge in [-0.25, -0.2) is 0 Å². The van der Waals surface area contributed by atoms with Crippen molar-refractivity contribution in [3.63, 3.8) is 0 Å². The van der Waals surface area contributed by atoms with Gasteiger partial charge in [-0.1, -0.05) is 24.3 Å². The number of H-pyrrole nitrogens is 1. The van der Waals surface area contributed by atoms with E-state index in [0.717, 1.165) is 44.2 Å². The van der Waals surface area contributed by atoms with Crippen LogP contribution in [0.1, 0.15) is 5.56 Å². The van der Waals surface area contributed by atoms with E-state index >= 15 is 0 Å². The maximum Gasteiger partial charge on any atom is 0.244 e. The summed E-state index contributed by atoms with van der Waals surface area (Å²) in [6, 6.07) is 8.36. The Kier molecular flexibility index (Phi) is 4.17. The number of hydrogen-bond donors (Lipinski definition) is 1. The molecule has 1 aliphatic heterocycles. The Labute approximate surface area is 124 Å². The summed E-state index contributed by atoms with van der Waals surface area (Å²) in [6.07, 6.45) is 0. The number of nitrogens with zero attached hydrogens (tertiary/aromatic N) is 4. The van der Waals surface area contributed by atoms with Crippen LogP contribution in [0.3, 0.4) is 0 Å². The maximum atomic E-state index is 5.41. The maximum absolute atomic E-state index is 5.41. The number of anilines is 1. The molecule has 0 unspecified atom stereocenters. The number of aromatic amines is 1. The van der Waals surface area contributed by atoms with Crippen molar-refractivity contribution in [1.29, 1.82) is 0 Å². The number of ether oxygens (including phenoxy) is 1. The van der Waals surface area contributed by atoms with Gasteiger partial charge in [0.25, 0.3) is 0 Å². The van der Waals surface area contributed by atoms with Crippen LogP contribution >= 0.6 is 0 Å². The molecule has 0 amide bonds. The van der Waals surface area contributed by atoms with Crippen molar-refractivity contribution < 1.29 is 4.74 Å². The molecule has 0 atom stereocenters. The molecule has 1 N–H and O–H groups in total. The highest BCUT2D eigenvalue weighted by atomic mass is 16.5. The molecule has 3 rings (SSSR count). The van der Waals surface area contributed by atoms with Gasteiger partial charge >= 0.3 is 0 Å². The zero-order chi connectivity index (χ0) is 14.7. The second kappa shape index (κ2) is 6.24. The Balaban J connectivity index is 1.84. The molecule has 0 spiro atoms. The molecule has 1 aliphatic rings. The van der Waals surface area contributed by atoms with Crippen LogP contribution in [0.15, 0.2) is 24.3 Å². The minimum absolute atomic E-state index is 0.700. The van der Waals surface area contributed by atoms with Gasteiger partial charge in [0.1, 0.15) is 0 Å². The molecule has 2 heterocycles. The molecule has 0 saturated carbocycles. The average molecular weight is 287 g/mol. The van der Waals surface area contributed by atoms with Crippen molar-refractivity contribution in [2.45, 2.75) is 6.54 Å². The van der Waals surface area contributed by atoms with E-state index in [2.05, 4.69) is 38.3 Å². The number of hydrogen-bond acceptors (Lipinski definition) is 5. The Morgan fingerprint density at radius 3 is 2.71 bits per heavy atom. The molecule has 0 radical (unpaired) electrons. The third-order valence-corrected chi connectivity index (χ3v) is 3.64. The SMILES string of the molecule is CN(C)c1n[nH]c(-c2ccccc2CN2CCOCC2)n1. The smallest absolute Gasteiger partial charge is 0.244 e. The second-order valence-corrected chi connectivity index (χ2v) is 5.42. The van der Waals surface area contributed by atoms with E-state index in [4.69, 9.17) is 4.74 Å². The molecular weight excluding hydrogens is 266 g/mol. The van der Waals surface area contributed by atoms with Gasteiger partial charge in [-0.3, -0.25) is 10.00 Å². The van der Waals surface area contributed by atoms with E-state index in [1.165, 1.54) is 5.56 Å². The van der Waals surface area contributed by atoms with Gasteiger partial charge in [0, 0.05) is 39.3 Å². The molecule has 6 heteroatoms. The first kappa shape index (κ1) is 14.0. The Bertz CT molecular complexity index is 589. The summed E-state index contributed by atoms with van der Waals surface area (Å²) in [5.41, 5.74) is 2.38. The number of nitrogens with one attached hydrogen (secondary N) is 1. The van der Waals surface area contributed by atoms with Crippen LogP contribution in [-0.4, -0.2) is 60.5 Å². The first-order valence-electron chi connectivity index (χ1n) is 7.22. The monoisotopic (exact) mass is 287 g/mol. The summed E-state index contributed by atoms with van der Waals surface area (Å²) in [5, 5.41) is 7.27. The van der Waals surface area contributed by atoms with Crippen LogP contribution in [-0.2, 0) is 11.3 Å². The van der Waals surface area contributed by atoms with Crippen LogP contribution < -0.4 is 4.90 Å². The van der Waals surface area contributed by atoms with Gasteiger partial charge < -0.3 is 9.64 Å². The van der Waals surface area contributed by atoms with Crippen molar-refractivity contribution in [2.24, 2.45) is 0 Å². The standard InChI is InChI=1S/C15H21N5O/c1-19(2)15-16-14(17-18-15)13-6-4-3-5-12(13)11-20-7-9-21-10-8-20/h3-6H,7-11H2,1-2H3,(H,16,17,18). The minimum atomic E-state index is 0.700. The highest BCUT2D eigenvalue weighted by Gasteiger charge is 2.15. The molecule has 6 nitrogen and oxygen atoms in total. The Morgan fingerprint density at radius 1 is 1.24 bits per heavy atom. The van der Waals surface area contributed by atoms with Gasteiger partial charge in [0.15, 0.2) is 5.82 Å². The lowest BCUT2D eigenvalue weighted by atomic mass is 10.1. The zero-order valence-corrected chi connectivity index (χ0v) is 12.5. The molecule has 1 aromatic heterocycles. The van der Waals surface area contributed by atoms with Crippen molar-refractivity contribution in [3.05, 3.63) is 29.8 Å². The van der Waals surface area contributed by atoms with Gasteiger partial charge in [-0.15, -0.1) is 5.10 Å². The number of morpholine rings is 1. The highest BCUT2D eigenvalue weighted by Crippen LogP contribution is 2.23. The van der Waals surface area contributed by atoms with E-state index in [1.807, 2.05) is 25.1 Å². The fourth-order valence-electron chi connectivity index (χ4n) is 2.46. The first-order chi connectivity index (χ1) is 10.2. The Hall–Kier alpha value is -1.92. The van der Waals surface area contributed by atoms with Crippen LogP contribution in [0.2, 0.25) is 0 Å². The van der Waals surface area contributed by atoms with Gasteiger partial charge in [-0.05, 0) is 5.56 Å². The van der Waals surface area contributed by atoms with Gasteiger partial charge in [-0.2, -0.15) is 4.98 Å². The molecule has 0 aliphatic carbocycles. The summed E-state index contributed by atoms with van der Waals surface area (Å²) < 4.78 is 5.41. The molecular formula is C15H21N5O. The average Bonchev–Trinajstić information content (AvgIpc) is 2.99. The summed E-state index contributed by atoms with van der Waals surface area (Å²) in [6.45, 7) is 4.50. The molecule has 112 valence electrons. The molecule has 1 saturated heterocycles. The molecule has 1 fully saturated rings. The third kappa shape index (κ3) is 3.22. The molecule has 1 aromatic carbocycles. The number of aromatic nitrogens is 3. The van der Waals surface area contributed by atoms with E-state index in [-0.39, 0.29) is 0 Å². The van der Waals surface area contributed by atoms with Crippen LogP contribution in [0.25, 0.3) is 11.4 Å². The number of benzene rings is 1. The summed E-state index contributed by atoms with van der Waals surface area (Å²) in [7, 11) is 3.87. The minimum Gasteiger partial charge on any atom is -0.379 e. The summed E-state index contributed by atoms with van der Waals surface area (Å²) in [4.78, 5) is 8.85. The second-order valence-electron chi connectivity index (χ2n) is 5.42. The van der Waals surface area contributed by atoms with E-state index in [0.29, 0.717) is 5.95 Å². The van der Waals surface area contributed by atoms with Crippen LogP contribution in [0.4, 0.5) is 5.95 Å². The first-order valence-corrected chi connectivity index (χ1v) is 7.22. The lowest BCUT2D eigenvalue weighted by Crippen LogP contribution is -2.35. The van der Waals surface area contributed by atoms with Gasteiger partial charge in [0.2, 0.25) is 5.95 Å². The van der Waals surface area contributed by atoms with Crippen molar-refractivity contribution >= 4 is 5.95 Å². The quantitative estimate of drug-likeness (QED) is 0.920. The van der Waals surface area contributed by atoms with Crippen molar-refractivity contribution in [2.75, 3.05) is 45.3 Å². The van der Waals surface area contributed by atoms with Crippen LogP contribution in [0, 0.1) is 0 Å². The van der Waals surface area contributed by atoms with Crippen molar-refractivity contribution in [1.82, 2.24) is 20.1 Å². The predicted octanol–water partition coefficient (Wildman–Crippen LogP) is 1.37. The van der Waals surface area contributed by atoms with Crippen molar-refractivity contribution in [3.8, 4) is 11.4 Å². The van der Waals surface area contributed by atoms with E-state index in [9.17, 15) is 0 Å². The zero-order valence-electron chi connectivity index (χ0n) is 12.5. The fraction of sp³-hybridized carbons (Fsp3) is 0.467. The fourth-order valence-corrected chi connectivity index (χ4v) is 2.46. The summed E-state index contributed by atoms with van der Waals surface area (Å²) in [5.74, 6) is 1.52. The molecule has 0 bridgehead atoms. The third-order valence-electron chi connectivity index (χ3n) is 3.64. The van der Waals surface area contributed by atoms with E-state index < -0.39 is 0 Å². The largest absolute Gasteiger partial charge is 0.379 e. The van der Waals surface area contributed by atoms with E-state index in [1.54, 1.807) is 0 Å². The molecule has 2 aromatic rings. The highest BCUT2D eigenvalue weighted by molar-refractivity contribution is 5.61. The lowest BCUT2D eigenvalue weighted by Gasteiger charge is -2.27. The molecule has 21 heavy (non-hydrogen) atoms. The Morgan fingerprint density at radius 2 is 2.00 bits per heavy atom. The normalized spacial score (nSPS) is 16.1. The topological polar surface area (TPSA) is 57.3 Å². The summed E-state index contributed by atoms with van der Waals surface area (Å²) >= 11 is 0. The predicted molar refractivity (Wildman–Crippen MR) is 82.2 cm³/mol. The lowest BCUT2D eigenvalue weighted by molar-refractivity contribution is 0.0342. The van der Waals surface area contributed by atoms with Gasteiger partial charge in [0.05, 0.1) is 13.2 Å². The van der Waals surface area contributed by atoms with Crippen LogP contribution in [0.5, 0.6) is 0 Å².